The van der Waals surface area contributed by atoms with Gasteiger partial charge in [0.2, 0.25) is 0 Å². The fourth-order valence-electron chi connectivity index (χ4n) is 3.38. The molecule has 1 N–H and O–H groups in total. The molecule has 0 bridgehead atoms. The summed E-state index contributed by atoms with van der Waals surface area (Å²) in [5.41, 5.74) is 0.0793. The third-order valence-electron chi connectivity index (χ3n) is 4.41. The van der Waals surface area contributed by atoms with Crippen LogP contribution in [-0.4, -0.2) is 22.0 Å². The zero-order chi connectivity index (χ0) is 14.0. The van der Waals surface area contributed by atoms with Gasteiger partial charge in [0.1, 0.15) is 11.3 Å². The molecule has 0 aromatic carbocycles. The number of hydrogen-bond acceptors (Lipinski definition) is 3. The van der Waals surface area contributed by atoms with Crippen molar-refractivity contribution in [2.45, 2.75) is 64.5 Å². The van der Waals surface area contributed by atoms with E-state index >= 15 is 0 Å². The van der Waals surface area contributed by atoms with Gasteiger partial charge in [0.25, 0.3) is 0 Å². The molecular weight excluding hydrogens is 240 g/mol. The molecular formula is C15H26N2O2. The predicted octanol–water partition coefficient (Wildman–Crippen LogP) is 3.26. The molecule has 0 saturated heterocycles. The van der Waals surface area contributed by atoms with Crippen LogP contribution in [-0.2, 0) is 5.60 Å². The van der Waals surface area contributed by atoms with Crippen molar-refractivity contribution in [3.8, 4) is 5.75 Å². The number of rotatable bonds is 4. The maximum atomic E-state index is 11.3. The van der Waals surface area contributed by atoms with Gasteiger partial charge in [0.05, 0.1) is 13.3 Å². The summed E-state index contributed by atoms with van der Waals surface area (Å²) in [6, 6.07) is 0.224. The molecule has 1 saturated carbocycles. The highest BCUT2D eigenvalue weighted by molar-refractivity contribution is 5.32. The molecule has 108 valence electrons. The largest absolute Gasteiger partial charge is 0.493 e. The smallest absolute Gasteiger partial charge is 0.162 e. The Hall–Kier alpha value is -1.03. The number of ether oxygens (including phenoxy) is 1. The summed E-state index contributed by atoms with van der Waals surface area (Å²) >= 11 is 0. The number of methoxy groups -OCH3 is 1. The van der Waals surface area contributed by atoms with E-state index in [4.69, 9.17) is 4.74 Å². The van der Waals surface area contributed by atoms with Gasteiger partial charge in [0.15, 0.2) is 5.75 Å². The molecule has 4 nitrogen and oxygen atoms in total. The summed E-state index contributed by atoms with van der Waals surface area (Å²) in [5, 5.41) is 15.7. The van der Waals surface area contributed by atoms with E-state index in [1.165, 1.54) is 6.42 Å². The van der Waals surface area contributed by atoms with Gasteiger partial charge in [-0.2, -0.15) is 5.10 Å². The molecule has 0 spiro atoms. The van der Waals surface area contributed by atoms with Crippen LogP contribution >= 0.6 is 0 Å². The minimum Gasteiger partial charge on any atom is -0.493 e. The lowest BCUT2D eigenvalue weighted by Gasteiger charge is -2.40. The number of hydrogen-bond donors (Lipinski definition) is 1. The zero-order valence-electron chi connectivity index (χ0n) is 12.5. The first-order valence-electron chi connectivity index (χ1n) is 7.39. The summed E-state index contributed by atoms with van der Waals surface area (Å²) in [7, 11) is 1.65. The highest BCUT2D eigenvalue weighted by Gasteiger charge is 2.44. The van der Waals surface area contributed by atoms with Crippen LogP contribution in [0.15, 0.2) is 6.20 Å². The third kappa shape index (κ3) is 2.38. The van der Waals surface area contributed by atoms with E-state index in [2.05, 4.69) is 25.9 Å². The maximum Gasteiger partial charge on any atom is 0.162 e. The molecule has 1 heterocycles. The van der Waals surface area contributed by atoms with E-state index in [9.17, 15) is 5.11 Å². The average molecular weight is 266 g/mol. The van der Waals surface area contributed by atoms with Crippen LogP contribution in [0.25, 0.3) is 0 Å². The Morgan fingerprint density at radius 1 is 1.53 bits per heavy atom. The van der Waals surface area contributed by atoms with Crippen LogP contribution in [0, 0.1) is 5.92 Å². The molecule has 2 atom stereocenters. The van der Waals surface area contributed by atoms with Crippen LogP contribution in [0.1, 0.15) is 64.6 Å². The summed E-state index contributed by atoms with van der Waals surface area (Å²) in [5.74, 6) is 1.01. The van der Waals surface area contributed by atoms with E-state index in [0.717, 1.165) is 37.1 Å². The van der Waals surface area contributed by atoms with E-state index in [-0.39, 0.29) is 6.04 Å². The second-order valence-corrected chi connectivity index (χ2v) is 5.88. The van der Waals surface area contributed by atoms with E-state index < -0.39 is 5.60 Å². The summed E-state index contributed by atoms with van der Waals surface area (Å²) in [6.45, 7) is 6.33. The highest BCUT2D eigenvalue weighted by Crippen LogP contribution is 2.46. The molecule has 1 aliphatic rings. The van der Waals surface area contributed by atoms with Crippen molar-refractivity contribution >= 4 is 0 Å². The number of aromatic nitrogens is 2. The molecule has 1 aromatic rings. The molecule has 1 fully saturated rings. The van der Waals surface area contributed by atoms with E-state index in [1.54, 1.807) is 13.3 Å². The zero-order valence-corrected chi connectivity index (χ0v) is 12.5. The molecule has 0 aliphatic heterocycles. The van der Waals surface area contributed by atoms with Gasteiger partial charge in [-0.05, 0) is 32.6 Å². The van der Waals surface area contributed by atoms with E-state index in [0.29, 0.717) is 5.92 Å². The van der Waals surface area contributed by atoms with Gasteiger partial charge in [0, 0.05) is 6.04 Å². The van der Waals surface area contributed by atoms with Crippen molar-refractivity contribution in [2.75, 3.05) is 7.11 Å². The first-order valence-corrected chi connectivity index (χ1v) is 7.39. The second-order valence-electron chi connectivity index (χ2n) is 5.88. The predicted molar refractivity (Wildman–Crippen MR) is 75.3 cm³/mol. The van der Waals surface area contributed by atoms with Gasteiger partial charge >= 0.3 is 0 Å². The van der Waals surface area contributed by atoms with Gasteiger partial charge in [-0.15, -0.1) is 0 Å². The Kier molecular flexibility index (Phi) is 4.19. The van der Waals surface area contributed by atoms with Crippen LogP contribution in [0.3, 0.4) is 0 Å². The molecule has 2 unspecified atom stereocenters. The van der Waals surface area contributed by atoms with Crippen LogP contribution in [0.5, 0.6) is 5.75 Å². The topological polar surface area (TPSA) is 47.3 Å². The van der Waals surface area contributed by atoms with Crippen molar-refractivity contribution in [2.24, 2.45) is 5.92 Å². The normalized spacial score (nSPS) is 27.8. The molecule has 2 rings (SSSR count). The van der Waals surface area contributed by atoms with Gasteiger partial charge in [-0.25, -0.2) is 0 Å². The Bertz CT molecular complexity index is 428. The van der Waals surface area contributed by atoms with Gasteiger partial charge < -0.3 is 9.84 Å². The molecule has 1 aromatic heterocycles. The highest BCUT2D eigenvalue weighted by atomic mass is 16.5. The van der Waals surface area contributed by atoms with Crippen molar-refractivity contribution in [1.82, 2.24) is 9.78 Å². The van der Waals surface area contributed by atoms with Crippen LogP contribution < -0.4 is 4.74 Å². The van der Waals surface area contributed by atoms with Crippen LogP contribution in [0.2, 0.25) is 0 Å². The maximum absolute atomic E-state index is 11.3. The lowest BCUT2D eigenvalue weighted by atomic mass is 9.72. The van der Waals surface area contributed by atoms with Crippen molar-refractivity contribution in [3.05, 3.63) is 11.9 Å². The third-order valence-corrected chi connectivity index (χ3v) is 4.41. The molecule has 4 heteroatoms. The number of aliphatic hydroxyl groups is 1. The number of nitrogens with zero attached hydrogens (tertiary/aromatic N) is 2. The lowest BCUT2D eigenvalue weighted by Crippen LogP contribution is -2.40. The van der Waals surface area contributed by atoms with Gasteiger partial charge in [-0.1, -0.05) is 26.2 Å². The summed E-state index contributed by atoms with van der Waals surface area (Å²) in [6.07, 6.45) is 6.88. The van der Waals surface area contributed by atoms with E-state index in [1.807, 2.05) is 4.68 Å². The molecule has 1 aliphatic carbocycles. The Morgan fingerprint density at radius 3 is 2.84 bits per heavy atom. The monoisotopic (exact) mass is 266 g/mol. The molecule has 0 amide bonds. The first kappa shape index (κ1) is 14.4. The standard InChI is InChI=1S/C15H26N2O2/c1-5-12-8-6-7-9-15(12,18)14-13(19-4)10-16-17(14)11(2)3/h10-12,18H,5-9H2,1-4H3. The quantitative estimate of drug-likeness (QED) is 0.910. The average Bonchev–Trinajstić information content (AvgIpc) is 2.83. The minimum atomic E-state index is -0.793. The van der Waals surface area contributed by atoms with Crippen molar-refractivity contribution in [3.63, 3.8) is 0 Å². The van der Waals surface area contributed by atoms with Crippen LogP contribution in [0.4, 0.5) is 0 Å². The van der Waals surface area contributed by atoms with Crippen molar-refractivity contribution in [1.29, 1.82) is 0 Å². The first-order chi connectivity index (χ1) is 9.04. The minimum absolute atomic E-state index is 0.224. The Morgan fingerprint density at radius 2 is 2.26 bits per heavy atom. The fourth-order valence-corrected chi connectivity index (χ4v) is 3.38. The summed E-state index contributed by atoms with van der Waals surface area (Å²) < 4.78 is 7.37. The molecule has 19 heavy (non-hydrogen) atoms. The van der Waals surface area contributed by atoms with Crippen molar-refractivity contribution < 1.29 is 9.84 Å². The fraction of sp³-hybridized carbons (Fsp3) is 0.800. The second kappa shape index (κ2) is 5.53. The van der Waals surface area contributed by atoms with Gasteiger partial charge in [-0.3, -0.25) is 4.68 Å². The molecule has 0 radical (unpaired) electrons. The lowest BCUT2D eigenvalue weighted by molar-refractivity contribution is -0.0647. The SMILES string of the molecule is CCC1CCCCC1(O)c1c(OC)cnn1C(C)C. The Balaban J connectivity index is 2.50. The Labute approximate surface area is 115 Å². The summed E-state index contributed by atoms with van der Waals surface area (Å²) in [4.78, 5) is 0.